The molecule has 1 aliphatic rings. The third-order valence-corrected chi connectivity index (χ3v) is 7.66. The zero-order valence-electron chi connectivity index (χ0n) is 19.0. The van der Waals surface area contributed by atoms with E-state index in [1.54, 1.807) is 6.92 Å². The zero-order valence-corrected chi connectivity index (χ0v) is 20.6. The summed E-state index contributed by atoms with van der Waals surface area (Å²) in [7, 11) is -3.50. The number of fused-ring (bicyclic) bond motifs is 1. The van der Waals surface area contributed by atoms with Gasteiger partial charge in [0.05, 0.1) is 22.6 Å². The number of esters is 2. The highest BCUT2D eigenvalue weighted by atomic mass is 32.2. The minimum absolute atomic E-state index is 0.0189. The molecule has 0 radical (unpaired) electrons. The van der Waals surface area contributed by atoms with Crippen molar-refractivity contribution in [2.24, 2.45) is 5.92 Å². The van der Waals surface area contributed by atoms with Crippen LogP contribution >= 0.6 is 11.3 Å². The third-order valence-electron chi connectivity index (χ3n) is 5.38. The Morgan fingerprint density at radius 1 is 1.24 bits per heavy atom. The standard InChI is InChI=1S/C23H27NO7S2/c1-5-30-23(27)19-17-10-9-13(2)11-18(17)32-21(19)24-20(25)14(3)31-22(26)15-7-6-8-16(12-15)33(4,28)29/h6-8,12-14H,5,9-11H2,1-4H3,(H,24,25)/t13-,14+/m1/s1. The molecule has 1 N–H and O–H groups in total. The summed E-state index contributed by atoms with van der Waals surface area (Å²) in [6.45, 7) is 5.49. The van der Waals surface area contributed by atoms with Crippen LogP contribution in [0.15, 0.2) is 29.2 Å². The topological polar surface area (TPSA) is 116 Å². The molecule has 0 unspecified atom stereocenters. The van der Waals surface area contributed by atoms with Crippen LogP contribution in [0.5, 0.6) is 0 Å². The average Bonchev–Trinajstić information content (AvgIpc) is 3.10. The van der Waals surface area contributed by atoms with Crippen LogP contribution in [0.4, 0.5) is 5.00 Å². The van der Waals surface area contributed by atoms with Crippen molar-refractivity contribution in [2.75, 3.05) is 18.2 Å². The molecular weight excluding hydrogens is 466 g/mol. The summed E-state index contributed by atoms with van der Waals surface area (Å²) in [6, 6.07) is 5.42. The van der Waals surface area contributed by atoms with Gasteiger partial charge in [-0.25, -0.2) is 18.0 Å². The SMILES string of the molecule is CCOC(=O)c1c(NC(=O)[C@H](C)OC(=O)c2cccc(S(C)(=O)=O)c2)sc2c1CC[C@@H](C)C2. The number of carbonyl (C=O) groups is 3. The zero-order chi connectivity index (χ0) is 24.3. The normalized spacial score (nSPS) is 16.4. The highest BCUT2D eigenvalue weighted by molar-refractivity contribution is 7.90. The largest absolute Gasteiger partial charge is 0.462 e. The lowest BCUT2D eigenvalue weighted by Crippen LogP contribution is -2.30. The number of hydrogen-bond acceptors (Lipinski definition) is 8. The van der Waals surface area contributed by atoms with E-state index < -0.39 is 33.8 Å². The second kappa shape index (κ2) is 10.0. The number of ether oxygens (including phenoxy) is 2. The summed E-state index contributed by atoms with van der Waals surface area (Å²) in [5.74, 6) is -1.42. The van der Waals surface area contributed by atoms with Crippen molar-refractivity contribution < 1.29 is 32.3 Å². The van der Waals surface area contributed by atoms with Gasteiger partial charge < -0.3 is 14.8 Å². The first kappa shape index (κ1) is 24.9. The molecule has 33 heavy (non-hydrogen) atoms. The number of nitrogens with one attached hydrogen (secondary N) is 1. The van der Waals surface area contributed by atoms with Crippen molar-refractivity contribution in [2.45, 2.75) is 51.0 Å². The first-order valence-electron chi connectivity index (χ1n) is 10.6. The highest BCUT2D eigenvalue weighted by Crippen LogP contribution is 2.40. The molecule has 1 aliphatic carbocycles. The molecule has 10 heteroatoms. The molecule has 8 nitrogen and oxygen atoms in total. The maximum Gasteiger partial charge on any atom is 0.341 e. The predicted octanol–water partition coefficient (Wildman–Crippen LogP) is 3.64. The van der Waals surface area contributed by atoms with Crippen LogP contribution in [0.25, 0.3) is 0 Å². The lowest BCUT2D eigenvalue weighted by molar-refractivity contribution is -0.123. The maximum absolute atomic E-state index is 12.8. The Kier molecular flexibility index (Phi) is 7.58. The molecule has 1 aromatic carbocycles. The van der Waals surface area contributed by atoms with Gasteiger partial charge in [0, 0.05) is 11.1 Å². The van der Waals surface area contributed by atoms with Crippen molar-refractivity contribution in [3.05, 3.63) is 45.8 Å². The minimum atomic E-state index is -3.50. The summed E-state index contributed by atoms with van der Waals surface area (Å²) in [4.78, 5) is 38.9. The molecule has 178 valence electrons. The first-order chi connectivity index (χ1) is 15.5. The van der Waals surface area contributed by atoms with Gasteiger partial charge in [0.15, 0.2) is 15.9 Å². The van der Waals surface area contributed by atoms with E-state index in [0.29, 0.717) is 16.5 Å². The highest BCUT2D eigenvalue weighted by Gasteiger charge is 2.30. The number of carbonyl (C=O) groups excluding carboxylic acids is 3. The number of amides is 1. The Balaban J connectivity index is 1.77. The fourth-order valence-electron chi connectivity index (χ4n) is 3.61. The molecule has 0 bridgehead atoms. The number of anilines is 1. The Labute approximate surface area is 197 Å². The van der Waals surface area contributed by atoms with Gasteiger partial charge in [-0.1, -0.05) is 13.0 Å². The monoisotopic (exact) mass is 493 g/mol. The van der Waals surface area contributed by atoms with E-state index in [2.05, 4.69) is 12.2 Å². The van der Waals surface area contributed by atoms with Crippen LogP contribution in [-0.2, 0) is 36.9 Å². The van der Waals surface area contributed by atoms with E-state index in [0.717, 1.165) is 36.0 Å². The predicted molar refractivity (Wildman–Crippen MR) is 125 cm³/mol. The second-order valence-corrected chi connectivity index (χ2v) is 11.2. The molecule has 1 amide bonds. The van der Waals surface area contributed by atoms with Crippen LogP contribution in [0.3, 0.4) is 0 Å². The lowest BCUT2D eigenvalue weighted by Gasteiger charge is -2.18. The van der Waals surface area contributed by atoms with Gasteiger partial charge in [0.25, 0.3) is 5.91 Å². The molecule has 2 aromatic rings. The van der Waals surface area contributed by atoms with E-state index in [-0.39, 0.29) is 17.1 Å². The Morgan fingerprint density at radius 2 is 1.97 bits per heavy atom. The van der Waals surface area contributed by atoms with Crippen molar-refractivity contribution in [3.8, 4) is 0 Å². The Bertz CT molecular complexity index is 1180. The molecular formula is C23H27NO7S2. The van der Waals surface area contributed by atoms with Crippen LogP contribution in [-0.4, -0.2) is 45.2 Å². The molecule has 0 fully saturated rings. The molecule has 2 atom stereocenters. The summed E-state index contributed by atoms with van der Waals surface area (Å²) < 4.78 is 33.9. The van der Waals surface area contributed by atoms with Crippen LogP contribution < -0.4 is 5.32 Å². The summed E-state index contributed by atoms with van der Waals surface area (Å²) >= 11 is 1.35. The van der Waals surface area contributed by atoms with Crippen molar-refractivity contribution in [1.82, 2.24) is 0 Å². The Hall–Kier alpha value is -2.72. The van der Waals surface area contributed by atoms with E-state index >= 15 is 0 Å². The van der Waals surface area contributed by atoms with E-state index in [1.165, 1.54) is 42.5 Å². The minimum Gasteiger partial charge on any atom is -0.462 e. The number of benzene rings is 1. The van der Waals surface area contributed by atoms with Gasteiger partial charge >= 0.3 is 11.9 Å². The molecule has 0 spiro atoms. The maximum atomic E-state index is 12.8. The summed E-state index contributed by atoms with van der Waals surface area (Å²) in [6.07, 6.45) is 2.37. The van der Waals surface area contributed by atoms with Gasteiger partial charge in [-0.3, -0.25) is 4.79 Å². The second-order valence-electron chi connectivity index (χ2n) is 8.11. The molecule has 1 aromatic heterocycles. The van der Waals surface area contributed by atoms with Gasteiger partial charge in [-0.15, -0.1) is 11.3 Å². The number of sulfone groups is 1. The quantitative estimate of drug-likeness (QED) is 0.586. The Morgan fingerprint density at radius 3 is 2.64 bits per heavy atom. The number of hydrogen-bond donors (Lipinski definition) is 1. The smallest absolute Gasteiger partial charge is 0.341 e. The van der Waals surface area contributed by atoms with E-state index in [4.69, 9.17) is 9.47 Å². The molecule has 1 heterocycles. The van der Waals surface area contributed by atoms with Gasteiger partial charge in [-0.2, -0.15) is 0 Å². The fraction of sp³-hybridized carbons (Fsp3) is 0.435. The molecule has 3 rings (SSSR count). The van der Waals surface area contributed by atoms with Gasteiger partial charge in [0.1, 0.15) is 5.00 Å². The first-order valence-corrected chi connectivity index (χ1v) is 13.4. The fourth-order valence-corrected chi connectivity index (χ4v) is 5.68. The molecule has 0 aliphatic heterocycles. The lowest BCUT2D eigenvalue weighted by atomic mass is 9.88. The van der Waals surface area contributed by atoms with Gasteiger partial charge in [0.2, 0.25) is 0 Å². The van der Waals surface area contributed by atoms with Crippen LogP contribution in [0, 0.1) is 5.92 Å². The van der Waals surface area contributed by atoms with E-state index in [1.807, 2.05) is 0 Å². The van der Waals surface area contributed by atoms with Crippen LogP contribution in [0.2, 0.25) is 0 Å². The van der Waals surface area contributed by atoms with Crippen LogP contribution in [0.1, 0.15) is 58.3 Å². The van der Waals surface area contributed by atoms with Gasteiger partial charge in [-0.05, 0) is 62.8 Å². The molecule has 0 saturated heterocycles. The third kappa shape index (κ3) is 5.80. The number of rotatable bonds is 7. The number of thiophene rings is 1. The summed E-state index contributed by atoms with van der Waals surface area (Å²) in [5.41, 5.74) is 1.30. The van der Waals surface area contributed by atoms with Crippen molar-refractivity contribution in [1.29, 1.82) is 0 Å². The van der Waals surface area contributed by atoms with Crippen molar-refractivity contribution in [3.63, 3.8) is 0 Å². The van der Waals surface area contributed by atoms with E-state index in [9.17, 15) is 22.8 Å². The summed E-state index contributed by atoms with van der Waals surface area (Å²) in [5, 5.41) is 3.11. The van der Waals surface area contributed by atoms with Crippen molar-refractivity contribution >= 4 is 44.0 Å². The average molecular weight is 494 g/mol. The molecule has 0 saturated carbocycles.